The lowest BCUT2D eigenvalue weighted by Gasteiger charge is -2.32. The minimum atomic E-state index is -0.464. The molecule has 1 fully saturated rings. The van der Waals surface area contributed by atoms with Gasteiger partial charge in [-0.2, -0.15) is 10.2 Å². The van der Waals surface area contributed by atoms with Crippen LogP contribution in [-0.4, -0.2) is 35.6 Å². The molecule has 1 atom stereocenters. The van der Waals surface area contributed by atoms with Crippen LogP contribution in [0.5, 0.6) is 5.88 Å². The molecule has 1 aromatic carbocycles. The van der Waals surface area contributed by atoms with Crippen LogP contribution in [0.1, 0.15) is 18.1 Å². The first-order chi connectivity index (χ1) is 11.7. The molecule has 1 aliphatic rings. The molecule has 124 valence electrons. The van der Waals surface area contributed by atoms with E-state index in [4.69, 9.17) is 10.00 Å². The van der Waals surface area contributed by atoms with Crippen molar-refractivity contribution in [3.05, 3.63) is 47.5 Å². The first-order valence-corrected chi connectivity index (χ1v) is 7.77. The molecule has 7 heteroatoms. The second kappa shape index (κ2) is 7.23. The Morgan fingerprint density at radius 2 is 2.33 bits per heavy atom. The van der Waals surface area contributed by atoms with Crippen LogP contribution in [0.2, 0.25) is 0 Å². The molecule has 2 aromatic rings. The smallest absolute Gasteiger partial charge is 0.234 e. The molecule has 3 rings (SSSR count). The third-order valence-corrected chi connectivity index (χ3v) is 3.85. The lowest BCUT2D eigenvalue weighted by Crippen LogP contribution is -2.49. The number of anilines is 1. The number of ether oxygens (including phenoxy) is 1. The number of hydrogen-bond acceptors (Lipinski definition) is 6. The topological polar surface area (TPSA) is 74.1 Å². The minimum Gasteiger partial charge on any atom is -0.472 e. The van der Waals surface area contributed by atoms with Gasteiger partial charge < -0.3 is 15.0 Å². The minimum absolute atomic E-state index is 0.0354. The standard InChI is InChI=1S/C17H18FN5O/c1-12-10-23(5-4-21-12)16-8-20-9-17(22-16)24-11-14-3-2-13(7-19)6-15(14)18/h2-3,6,8-9,12,21H,4-5,10-11H2,1H3. The van der Waals surface area contributed by atoms with Crippen LogP contribution >= 0.6 is 0 Å². The first-order valence-electron chi connectivity index (χ1n) is 7.77. The van der Waals surface area contributed by atoms with Crippen LogP contribution in [0, 0.1) is 17.1 Å². The highest BCUT2D eigenvalue weighted by Crippen LogP contribution is 2.18. The van der Waals surface area contributed by atoms with Crippen molar-refractivity contribution in [2.45, 2.75) is 19.6 Å². The highest BCUT2D eigenvalue weighted by molar-refractivity contribution is 5.38. The van der Waals surface area contributed by atoms with Crippen molar-refractivity contribution in [3.63, 3.8) is 0 Å². The van der Waals surface area contributed by atoms with Crippen LogP contribution in [0.4, 0.5) is 10.2 Å². The van der Waals surface area contributed by atoms with Gasteiger partial charge in [-0.1, -0.05) is 6.07 Å². The Hall–Kier alpha value is -2.72. The summed E-state index contributed by atoms with van der Waals surface area (Å²) in [6, 6.07) is 6.59. The van der Waals surface area contributed by atoms with Crippen LogP contribution in [0.3, 0.4) is 0 Å². The van der Waals surface area contributed by atoms with E-state index in [1.54, 1.807) is 18.3 Å². The molecular weight excluding hydrogens is 309 g/mol. The van der Waals surface area contributed by atoms with E-state index < -0.39 is 5.82 Å². The number of benzene rings is 1. The van der Waals surface area contributed by atoms with E-state index in [1.165, 1.54) is 12.3 Å². The molecule has 0 saturated carbocycles. The number of nitrogens with one attached hydrogen (secondary N) is 1. The summed E-state index contributed by atoms with van der Waals surface area (Å²) < 4.78 is 19.4. The zero-order valence-electron chi connectivity index (χ0n) is 13.4. The largest absolute Gasteiger partial charge is 0.472 e. The summed E-state index contributed by atoms with van der Waals surface area (Å²) in [6.07, 6.45) is 3.21. The SMILES string of the molecule is CC1CN(c2cncc(OCc3ccc(C#N)cc3F)n2)CCN1. The molecule has 1 aliphatic heterocycles. The summed E-state index contributed by atoms with van der Waals surface area (Å²) in [5.41, 5.74) is 0.655. The van der Waals surface area contributed by atoms with Crippen molar-refractivity contribution in [1.29, 1.82) is 5.26 Å². The van der Waals surface area contributed by atoms with Gasteiger partial charge in [-0.3, -0.25) is 4.98 Å². The van der Waals surface area contributed by atoms with Crippen molar-refractivity contribution in [2.24, 2.45) is 0 Å². The highest BCUT2D eigenvalue weighted by Gasteiger charge is 2.17. The molecular formula is C17H18FN5O. The summed E-state index contributed by atoms with van der Waals surface area (Å²) in [5.74, 6) is 0.637. The number of aromatic nitrogens is 2. The van der Waals surface area contributed by atoms with Gasteiger partial charge in [0.25, 0.3) is 0 Å². The molecule has 2 heterocycles. The van der Waals surface area contributed by atoms with Gasteiger partial charge in [0.1, 0.15) is 12.4 Å². The summed E-state index contributed by atoms with van der Waals surface area (Å²) in [5, 5.41) is 12.1. The molecule has 0 amide bonds. The average Bonchev–Trinajstić information content (AvgIpc) is 2.61. The Morgan fingerprint density at radius 3 is 3.08 bits per heavy atom. The van der Waals surface area contributed by atoms with Gasteiger partial charge in [0, 0.05) is 31.2 Å². The number of piperazine rings is 1. The number of rotatable bonds is 4. The van der Waals surface area contributed by atoms with Crippen molar-refractivity contribution in [1.82, 2.24) is 15.3 Å². The van der Waals surface area contributed by atoms with Gasteiger partial charge >= 0.3 is 0 Å². The summed E-state index contributed by atoms with van der Waals surface area (Å²) in [7, 11) is 0. The van der Waals surface area contributed by atoms with Gasteiger partial charge in [-0.15, -0.1) is 0 Å². The molecule has 1 unspecified atom stereocenters. The third-order valence-electron chi connectivity index (χ3n) is 3.85. The Labute approximate surface area is 139 Å². The Balaban J connectivity index is 1.68. The van der Waals surface area contributed by atoms with E-state index in [9.17, 15) is 4.39 Å². The fourth-order valence-electron chi connectivity index (χ4n) is 2.59. The second-order valence-corrected chi connectivity index (χ2v) is 5.72. The Bertz CT molecular complexity index is 761. The van der Waals surface area contributed by atoms with Crippen LogP contribution < -0.4 is 15.0 Å². The summed E-state index contributed by atoms with van der Waals surface area (Å²) in [4.78, 5) is 10.8. The van der Waals surface area contributed by atoms with Crippen molar-refractivity contribution in [2.75, 3.05) is 24.5 Å². The van der Waals surface area contributed by atoms with Crippen molar-refractivity contribution in [3.8, 4) is 11.9 Å². The number of nitriles is 1. The summed E-state index contributed by atoms with van der Waals surface area (Å²) in [6.45, 7) is 4.75. The summed E-state index contributed by atoms with van der Waals surface area (Å²) >= 11 is 0. The van der Waals surface area contributed by atoms with E-state index in [0.717, 1.165) is 25.5 Å². The molecule has 6 nitrogen and oxygen atoms in total. The first kappa shape index (κ1) is 16.1. The van der Waals surface area contributed by atoms with Crippen molar-refractivity contribution < 1.29 is 9.13 Å². The lowest BCUT2D eigenvalue weighted by atomic mass is 10.1. The van der Waals surface area contributed by atoms with Gasteiger partial charge in [0.05, 0.1) is 24.0 Å². The Morgan fingerprint density at radius 1 is 1.46 bits per heavy atom. The fraction of sp³-hybridized carbons (Fsp3) is 0.353. The van der Waals surface area contributed by atoms with Crippen LogP contribution in [0.25, 0.3) is 0 Å². The van der Waals surface area contributed by atoms with Gasteiger partial charge in [0.15, 0.2) is 5.82 Å². The molecule has 0 radical (unpaired) electrons. The molecule has 24 heavy (non-hydrogen) atoms. The molecule has 1 aromatic heterocycles. The molecule has 1 N–H and O–H groups in total. The lowest BCUT2D eigenvalue weighted by molar-refractivity contribution is 0.286. The second-order valence-electron chi connectivity index (χ2n) is 5.72. The maximum Gasteiger partial charge on any atom is 0.234 e. The number of nitrogens with zero attached hydrogens (tertiary/aromatic N) is 4. The molecule has 0 aliphatic carbocycles. The molecule has 0 bridgehead atoms. The van der Waals surface area contributed by atoms with Crippen LogP contribution in [0.15, 0.2) is 30.6 Å². The third kappa shape index (κ3) is 3.78. The average molecular weight is 327 g/mol. The van der Waals surface area contributed by atoms with Crippen molar-refractivity contribution >= 4 is 5.82 Å². The maximum atomic E-state index is 13.9. The monoisotopic (exact) mass is 327 g/mol. The van der Waals surface area contributed by atoms with E-state index in [2.05, 4.69) is 27.1 Å². The molecule has 1 saturated heterocycles. The van der Waals surface area contributed by atoms with Crippen LogP contribution in [-0.2, 0) is 6.61 Å². The van der Waals surface area contributed by atoms with Gasteiger partial charge in [-0.25, -0.2) is 4.39 Å². The number of halogens is 1. The molecule has 0 spiro atoms. The Kier molecular flexibility index (Phi) is 4.87. The normalized spacial score (nSPS) is 17.4. The quantitative estimate of drug-likeness (QED) is 0.924. The number of hydrogen-bond donors (Lipinski definition) is 1. The predicted molar refractivity (Wildman–Crippen MR) is 87.2 cm³/mol. The van der Waals surface area contributed by atoms with Gasteiger partial charge in [0.2, 0.25) is 5.88 Å². The van der Waals surface area contributed by atoms with E-state index >= 15 is 0 Å². The maximum absolute atomic E-state index is 13.9. The predicted octanol–water partition coefficient (Wildman–Crippen LogP) is 1.86. The zero-order valence-corrected chi connectivity index (χ0v) is 13.4. The van der Waals surface area contributed by atoms with E-state index in [-0.39, 0.29) is 12.2 Å². The fourth-order valence-corrected chi connectivity index (χ4v) is 2.59. The zero-order chi connectivity index (χ0) is 16.9. The van der Waals surface area contributed by atoms with E-state index in [0.29, 0.717) is 17.5 Å². The van der Waals surface area contributed by atoms with E-state index in [1.807, 2.05) is 6.07 Å². The highest BCUT2D eigenvalue weighted by atomic mass is 19.1. The van der Waals surface area contributed by atoms with Gasteiger partial charge in [-0.05, 0) is 19.1 Å².